The van der Waals surface area contributed by atoms with Gasteiger partial charge in [-0.25, -0.2) is 0 Å². The van der Waals surface area contributed by atoms with Gasteiger partial charge in [-0.1, -0.05) is 24.3 Å². The van der Waals surface area contributed by atoms with E-state index in [0.717, 1.165) is 13.0 Å². The third kappa shape index (κ3) is 2.80. The molecule has 0 fully saturated rings. The van der Waals surface area contributed by atoms with Gasteiger partial charge < -0.3 is 4.90 Å². The largest absolute Gasteiger partial charge is 0.309 e. The fourth-order valence-electron chi connectivity index (χ4n) is 1.84. The molecule has 0 spiro atoms. The Bertz CT molecular complexity index is 463. The van der Waals surface area contributed by atoms with Crippen LogP contribution < -0.4 is 0 Å². The summed E-state index contributed by atoms with van der Waals surface area (Å²) in [6.07, 6.45) is 4.20. The molecule has 0 unspecified atom stereocenters. The SMILES string of the molecule is CN(C)CCCc1cc2ccccc2cn1. The molecule has 2 rings (SSSR count). The minimum absolute atomic E-state index is 1.06. The van der Waals surface area contributed by atoms with Crippen molar-refractivity contribution in [3.63, 3.8) is 0 Å². The van der Waals surface area contributed by atoms with Gasteiger partial charge in [-0.15, -0.1) is 0 Å². The Morgan fingerprint density at radius 3 is 2.62 bits per heavy atom. The molecule has 0 N–H and O–H groups in total. The van der Waals surface area contributed by atoms with E-state index in [1.807, 2.05) is 6.20 Å². The molecular weight excluding hydrogens is 196 g/mol. The van der Waals surface area contributed by atoms with Crippen molar-refractivity contribution in [3.05, 3.63) is 42.2 Å². The molecule has 0 aliphatic carbocycles. The number of hydrogen-bond donors (Lipinski definition) is 0. The third-order valence-corrected chi connectivity index (χ3v) is 2.73. The first-order chi connectivity index (χ1) is 7.75. The van der Waals surface area contributed by atoms with Gasteiger partial charge in [0, 0.05) is 17.3 Å². The lowest BCUT2D eigenvalue weighted by atomic mass is 10.1. The van der Waals surface area contributed by atoms with E-state index in [0.29, 0.717) is 0 Å². The Kier molecular flexibility index (Phi) is 3.52. The van der Waals surface area contributed by atoms with Gasteiger partial charge in [0.2, 0.25) is 0 Å². The summed E-state index contributed by atoms with van der Waals surface area (Å²) in [4.78, 5) is 6.69. The molecule has 1 aromatic carbocycles. The Balaban J connectivity index is 2.08. The van der Waals surface area contributed by atoms with Gasteiger partial charge in [0.15, 0.2) is 0 Å². The molecule has 1 heterocycles. The maximum Gasteiger partial charge on any atom is 0.0410 e. The van der Waals surface area contributed by atoms with Crippen LogP contribution in [0.1, 0.15) is 12.1 Å². The number of aryl methyl sites for hydroxylation is 1. The summed E-state index contributed by atoms with van der Waals surface area (Å²) < 4.78 is 0. The number of pyridine rings is 1. The van der Waals surface area contributed by atoms with Crippen LogP contribution in [0.25, 0.3) is 10.8 Å². The van der Waals surface area contributed by atoms with Crippen LogP contribution in [-0.4, -0.2) is 30.5 Å². The molecule has 0 atom stereocenters. The topological polar surface area (TPSA) is 16.1 Å². The van der Waals surface area contributed by atoms with Gasteiger partial charge in [-0.05, 0) is 44.9 Å². The van der Waals surface area contributed by atoms with Crippen LogP contribution in [0.4, 0.5) is 0 Å². The zero-order valence-corrected chi connectivity index (χ0v) is 9.98. The molecule has 0 saturated heterocycles. The first-order valence-corrected chi connectivity index (χ1v) is 5.74. The van der Waals surface area contributed by atoms with E-state index in [2.05, 4.69) is 54.3 Å². The molecule has 16 heavy (non-hydrogen) atoms. The van der Waals surface area contributed by atoms with Crippen molar-refractivity contribution in [2.75, 3.05) is 20.6 Å². The Morgan fingerprint density at radius 2 is 1.88 bits per heavy atom. The lowest BCUT2D eigenvalue weighted by molar-refractivity contribution is 0.399. The van der Waals surface area contributed by atoms with Gasteiger partial charge in [0.05, 0.1) is 0 Å². The van der Waals surface area contributed by atoms with Gasteiger partial charge in [0.25, 0.3) is 0 Å². The predicted octanol–water partition coefficient (Wildman–Crippen LogP) is 2.73. The highest BCUT2D eigenvalue weighted by atomic mass is 15.0. The van der Waals surface area contributed by atoms with E-state index >= 15 is 0 Å². The zero-order chi connectivity index (χ0) is 11.4. The van der Waals surface area contributed by atoms with Crippen LogP contribution in [0, 0.1) is 0 Å². The lowest BCUT2D eigenvalue weighted by Gasteiger charge is -2.08. The average Bonchev–Trinajstić information content (AvgIpc) is 2.28. The molecule has 84 valence electrons. The summed E-state index contributed by atoms with van der Waals surface area (Å²) in [5.74, 6) is 0. The minimum atomic E-state index is 1.06. The Morgan fingerprint density at radius 1 is 1.12 bits per heavy atom. The molecule has 2 aromatic rings. The maximum absolute atomic E-state index is 4.49. The number of nitrogens with zero attached hydrogens (tertiary/aromatic N) is 2. The van der Waals surface area contributed by atoms with Crippen molar-refractivity contribution >= 4 is 10.8 Å². The van der Waals surface area contributed by atoms with E-state index in [1.54, 1.807) is 0 Å². The smallest absolute Gasteiger partial charge is 0.0410 e. The zero-order valence-electron chi connectivity index (χ0n) is 9.98. The Hall–Kier alpha value is -1.41. The summed E-state index contributed by atoms with van der Waals surface area (Å²) in [7, 11) is 4.21. The van der Waals surface area contributed by atoms with Gasteiger partial charge >= 0.3 is 0 Å². The van der Waals surface area contributed by atoms with Crippen molar-refractivity contribution in [1.29, 1.82) is 0 Å². The average molecular weight is 214 g/mol. The van der Waals surface area contributed by atoms with Crippen molar-refractivity contribution in [1.82, 2.24) is 9.88 Å². The molecule has 0 saturated carbocycles. The van der Waals surface area contributed by atoms with Crippen molar-refractivity contribution < 1.29 is 0 Å². The van der Waals surface area contributed by atoms with Crippen molar-refractivity contribution in [2.24, 2.45) is 0 Å². The summed E-state index contributed by atoms with van der Waals surface area (Å²) in [6.45, 7) is 1.12. The van der Waals surface area contributed by atoms with E-state index in [1.165, 1.54) is 22.9 Å². The number of hydrogen-bond acceptors (Lipinski definition) is 2. The van der Waals surface area contributed by atoms with E-state index in [4.69, 9.17) is 0 Å². The normalized spacial score (nSPS) is 11.2. The monoisotopic (exact) mass is 214 g/mol. The number of fused-ring (bicyclic) bond motifs is 1. The summed E-state index contributed by atoms with van der Waals surface area (Å²) >= 11 is 0. The molecule has 0 aliphatic rings. The lowest BCUT2D eigenvalue weighted by Crippen LogP contribution is -2.13. The number of rotatable bonds is 4. The quantitative estimate of drug-likeness (QED) is 0.778. The third-order valence-electron chi connectivity index (χ3n) is 2.73. The summed E-state index contributed by atoms with van der Waals surface area (Å²) in [5.41, 5.74) is 1.19. The minimum Gasteiger partial charge on any atom is -0.309 e. The van der Waals surface area contributed by atoms with E-state index in [9.17, 15) is 0 Å². The number of benzene rings is 1. The molecule has 2 heteroatoms. The highest BCUT2D eigenvalue weighted by Gasteiger charge is 1.98. The van der Waals surface area contributed by atoms with Gasteiger partial charge in [-0.3, -0.25) is 4.98 Å². The highest BCUT2D eigenvalue weighted by molar-refractivity contribution is 5.81. The molecule has 0 bridgehead atoms. The first kappa shape index (κ1) is 11.1. The van der Waals surface area contributed by atoms with Crippen molar-refractivity contribution in [2.45, 2.75) is 12.8 Å². The van der Waals surface area contributed by atoms with Crippen molar-refractivity contribution in [3.8, 4) is 0 Å². The first-order valence-electron chi connectivity index (χ1n) is 5.74. The van der Waals surface area contributed by atoms with E-state index in [-0.39, 0.29) is 0 Å². The van der Waals surface area contributed by atoms with Crippen LogP contribution in [0.2, 0.25) is 0 Å². The van der Waals surface area contributed by atoms with E-state index < -0.39 is 0 Å². The highest BCUT2D eigenvalue weighted by Crippen LogP contribution is 2.14. The predicted molar refractivity (Wildman–Crippen MR) is 68.6 cm³/mol. The van der Waals surface area contributed by atoms with Crippen LogP contribution in [-0.2, 0) is 6.42 Å². The second-order valence-electron chi connectivity index (χ2n) is 4.43. The molecule has 2 nitrogen and oxygen atoms in total. The second kappa shape index (κ2) is 5.08. The molecule has 0 amide bonds. The Labute approximate surface area is 96.9 Å². The fourth-order valence-corrected chi connectivity index (χ4v) is 1.84. The maximum atomic E-state index is 4.49. The molecule has 1 aromatic heterocycles. The molecular formula is C14H18N2. The summed E-state index contributed by atoms with van der Waals surface area (Å²) in [6, 6.07) is 10.6. The van der Waals surface area contributed by atoms with Crippen LogP contribution in [0.5, 0.6) is 0 Å². The van der Waals surface area contributed by atoms with Gasteiger partial charge in [0.1, 0.15) is 0 Å². The number of aromatic nitrogens is 1. The van der Waals surface area contributed by atoms with Crippen LogP contribution in [0.3, 0.4) is 0 Å². The van der Waals surface area contributed by atoms with Crippen LogP contribution in [0.15, 0.2) is 36.5 Å². The standard InChI is InChI=1S/C14H18N2/c1-16(2)9-5-8-14-10-12-6-3-4-7-13(12)11-15-14/h3-4,6-7,10-11H,5,8-9H2,1-2H3. The van der Waals surface area contributed by atoms with Gasteiger partial charge in [-0.2, -0.15) is 0 Å². The second-order valence-corrected chi connectivity index (χ2v) is 4.43. The summed E-state index contributed by atoms with van der Waals surface area (Å²) in [5, 5.41) is 2.51. The fraction of sp³-hybridized carbons (Fsp3) is 0.357. The van der Waals surface area contributed by atoms with Crippen LogP contribution >= 0.6 is 0 Å². The molecule has 0 aliphatic heterocycles. The molecule has 0 radical (unpaired) electrons.